The molecule has 128 valence electrons. The Morgan fingerprint density at radius 1 is 1.35 bits per heavy atom. The van der Waals surface area contributed by atoms with Crippen LogP contribution in [0.1, 0.15) is 44.2 Å². The van der Waals surface area contributed by atoms with Crippen LogP contribution in [0, 0.1) is 18.3 Å². The van der Waals surface area contributed by atoms with Gasteiger partial charge in [0.2, 0.25) is 5.91 Å². The Morgan fingerprint density at radius 3 is 2.70 bits per heavy atom. The fraction of sp³-hybridized carbons (Fsp3) is 0.632. The molecule has 0 radical (unpaired) electrons. The number of hydrogen-bond donors (Lipinski definition) is 2. The summed E-state index contributed by atoms with van der Waals surface area (Å²) in [4.78, 5) is 12.5. The van der Waals surface area contributed by atoms with Crippen molar-refractivity contribution in [3.05, 3.63) is 35.4 Å². The van der Waals surface area contributed by atoms with Crippen molar-refractivity contribution in [1.82, 2.24) is 10.6 Å². The summed E-state index contributed by atoms with van der Waals surface area (Å²) in [5.41, 5.74) is 2.86. The lowest BCUT2D eigenvalue weighted by Crippen LogP contribution is -2.39. The van der Waals surface area contributed by atoms with Crippen molar-refractivity contribution in [3.63, 3.8) is 0 Å². The molecule has 23 heavy (non-hydrogen) atoms. The minimum Gasteiger partial charge on any atom is -0.355 e. The van der Waals surface area contributed by atoms with Gasteiger partial charge in [0.05, 0.1) is 0 Å². The first-order chi connectivity index (χ1) is 10.4. The number of aryl methyl sites for hydroxylation is 1. The van der Waals surface area contributed by atoms with E-state index in [2.05, 4.69) is 55.7 Å². The van der Waals surface area contributed by atoms with Crippen LogP contribution in [0.25, 0.3) is 0 Å². The van der Waals surface area contributed by atoms with Gasteiger partial charge in [-0.1, -0.05) is 43.7 Å². The highest BCUT2D eigenvalue weighted by Crippen LogP contribution is 2.58. The number of benzene rings is 1. The van der Waals surface area contributed by atoms with Gasteiger partial charge >= 0.3 is 0 Å². The van der Waals surface area contributed by atoms with Gasteiger partial charge in [-0.25, -0.2) is 0 Å². The molecule has 0 aromatic heterocycles. The van der Waals surface area contributed by atoms with Crippen molar-refractivity contribution < 1.29 is 4.79 Å². The molecule has 1 heterocycles. The molecule has 1 saturated carbocycles. The van der Waals surface area contributed by atoms with E-state index in [1.54, 1.807) is 0 Å². The highest BCUT2D eigenvalue weighted by Gasteiger charge is 2.57. The van der Waals surface area contributed by atoms with E-state index in [-0.39, 0.29) is 29.6 Å². The van der Waals surface area contributed by atoms with E-state index in [0.717, 1.165) is 32.4 Å². The Kier molecular flexibility index (Phi) is 5.42. The van der Waals surface area contributed by atoms with Crippen LogP contribution in [-0.4, -0.2) is 25.5 Å². The summed E-state index contributed by atoms with van der Waals surface area (Å²) in [5, 5.41) is 6.61. The van der Waals surface area contributed by atoms with Crippen LogP contribution in [0.2, 0.25) is 0 Å². The summed E-state index contributed by atoms with van der Waals surface area (Å²) in [7, 11) is 0. The van der Waals surface area contributed by atoms with E-state index in [0.29, 0.717) is 12.0 Å². The molecule has 1 aromatic rings. The second kappa shape index (κ2) is 6.82. The molecule has 4 heteroatoms. The molecule has 2 fully saturated rings. The van der Waals surface area contributed by atoms with Crippen molar-refractivity contribution in [2.24, 2.45) is 11.3 Å². The second-order valence-corrected chi connectivity index (χ2v) is 7.84. The zero-order valence-corrected chi connectivity index (χ0v) is 15.3. The molecule has 1 aliphatic heterocycles. The molecule has 1 aliphatic carbocycles. The number of rotatable bonds is 4. The number of hydrogen-bond acceptors (Lipinski definition) is 2. The Bertz CT molecular complexity index is 564. The van der Waals surface area contributed by atoms with Gasteiger partial charge in [0.15, 0.2) is 0 Å². The van der Waals surface area contributed by atoms with Gasteiger partial charge < -0.3 is 10.6 Å². The van der Waals surface area contributed by atoms with E-state index < -0.39 is 0 Å². The molecule has 3 nitrogen and oxygen atoms in total. The fourth-order valence-corrected chi connectivity index (χ4v) is 3.80. The van der Waals surface area contributed by atoms with Crippen LogP contribution < -0.4 is 10.6 Å². The average Bonchev–Trinajstić information content (AvgIpc) is 3.19. The number of nitrogens with one attached hydrogen (secondary N) is 2. The maximum atomic E-state index is 12.5. The Balaban J connectivity index is 0.00000192. The summed E-state index contributed by atoms with van der Waals surface area (Å²) in [6, 6.07) is 8.59. The first-order valence-electron chi connectivity index (χ1n) is 8.49. The zero-order chi connectivity index (χ0) is 15.8. The molecule has 1 aromatic carbocycles. The molecule has 1 atom stereocenters. The highest BCUT2D eigenvalue weighted by molar-refractivity contribution is 5.85. The second-order valence-electron chi connectivity index (χ2n) is 7.84. The number of amides is 1. The summed E-state index contributed by atoms with van der Waals surface area (Å²) >= 11 is 0. The predicted molar refractivity (Wildman–Crippen MR) is 97.1 cm³/mol. The maximum Gasteiger partial charge on any atom is 0.223 e. The minimum atomic E-state index is -0.0299. The molecular weight excluding hydrogens is 308 g/mol. The van der Waals surface area contributed by atoms with E-state index >= 15 is 0 Å². The third-order valence-electron chi connectivity index (χ3n) is 5.61. The number of piperidine rings is 1. The largest absolute Gasteiger partial charge is 0.355 e. The lowest BCUT2D eigenvalue weighted by atomic mass is 9.83. The lowest BCUT2D eigenvalue weighted by molar-refractivity contribution is -0.123. The Morgan fingerprint density at radius 2 is 2.04 bits per heavy atom. The van der Waals surface area contributed by atoms with Crippen molar-refractivity contribution in [2.45, 2.75) is 45.4 Å². The van der Waals surface area contributed by atoms with Crippen LogP contribution in [0.15, 0.2) is 24.3 Å². The molecule has 0 bridgehead atoms. The van der Waals surface area contributed by atoms with Crippen molar-refractivity contribution in [2.75, 3.05) is 19.6 Å². The van der Waals surface area contributed by atoms with Crippen LogP contribution >= 0.6 is 12.4 Å². The summed E-state index contributed by atoms with van der Waals surface area (Å²) in [6.45, 7) is 9.37. The molecule has 2 aliphatic rings. The topological polar surface area (TPSA) is 41.1 Å². The van der Waals surface area contributed by atoms with Crippen molar-refractivity contribution in [3.8, 4) is 0 Å². The number of halogens is 1. The Labute approximate surface area is 146 Å². The van der Waals surface area contributed by atoms with E-state index in [4.69, 9.17) is 0 Å². The smallest absolute Gasteiger partial charge is 0.223 e. The van der Waals surface area contributed by atoms with Gasteiger partial charge in [-0.3, -0.25) is 4.79 Å². The number of carbonyl (C=O) groups is 1. The van der Waals surface area contributed by atoms with Crippen LogP contribution in [-0.2, 0) is 10.2 Å². The Hall–Kier alpha value is -1.06. The molecule has 1 saturated heterocycles. The summed E-state index contributed by atoms with van der Waals surface area (Å²) in [6.07, 6.45) is 3.41. The first kappa shape index (κ1) is 18.3. The van der Waals surface area contributed by atoms with Crippen LogP contribution in [0.5, 0.6) is 0 Å². The van der Waals surface area contributed by atoms with E-state index in [1.165, 1.54) is 11.1 Å². The SMILES string of the molecule is Cc1cccc(C(C)(C)CNC(=O)C2CC23CCNCC3)c1.Cl. The van der Waals surface area contributed by atoms with E-state index in [9.17, 15) is 4.79 Å². The van der Waals surface area contributed by atoms with E-state index in [1.807, 2.05) is 0 Å². The third kappa shape index (κ3) is 3.89. The highest BCUT2D eigenvalue weighted by atomic mass is 35.5. The standard InChI is InChI=1S/C19H28N2O.ClH/c1-14-5-4-6-15(11-14)18(2,3)13-21-17(22)16-12-19(16)7-9-20-10-8-19;/h4-6,11,16,20H,7-10,12-13H2,1-3H3,(H,21,22);1H. The zero-order valence-electron chi connectivity index (χ0n) is 14.4. The molecule has 2 N–H and O–H groups in total. The molecule has 1 amide bonds. The van der Waals surface area contributed by atoms with Crippen molar-refractivity contribution in [1.29, 1.82) is 0 Å². The normalized spacial score (nSPS) is 22.3. The lowest BCUT2D eigenvalue weighted by Gasteiger charge is -2.27. The molecule has 3 rings (SSSR count). The van der Waals surface area contributed by atoms with Gasteiger partial charge in [0, 0.05) is 17.9 Å². The van der Waals surface area contributed by atoms with Gasteiger partial charge in [-0.2, -0.15) is 0 Å². The van der Waals surface area contributed by atoms with Gasteiger partial charge in [0.25, 0.3) is 0 Å². The fourth-order valence-electron chi connectivity index (χ4n) is 3.80. The first-order valence-corrected chi connectivity index (χ1v) is 8.49. The predicted octanol–water partition coefficient (Wildman–Crippen LogP) is 3.20. The molecule has 1 spiro atoms. The summed E-state index contributed by atoms with van der Waals surface area (Å²) < 4.78 is 0. The van der Waals surface area contributed by atoms with Gasteiger partial charge in [0.1, 0.15) is 0 Å². The number of carbonyl (C=O) groups excluding carboxylic acids is 1. The van der Waals surface area contributed by atoms with Crippen molar-refractivity contribution >= 4 is 18.3 Å². The monoisotopic (exact) mass is 336 g/mol. The van der Waals surface area contributed by atoms with Crippen LogP contribution in [0.3, 0.4) is 0 Å². The average molecular weight is 337 g/mol. The maximum absolute atomic E-state index is 12.5. The van der Waals surface area contributed by atoms with Gasteiger partial charge in [-0.05, 0) is 50.3 Å². The minimum absolute atomic E-state index is 0. The van der Waals surface area contributed by atoms with Crippen LogP contribution in [0.4, 0.5) is 0 Å². The summed E-state index contributed by atoms with van der Waals surface area (Å²) in [5.74, 6) is 0.519. The van der Waals surface area contributed by atoms with Gasteiger partial charge in [-0.15, -0.1) is 12.4 Å². The molecular formula is C19H29ClN2O. The molecule has 1 unspecified atom stereocenters. The quantitative estimate of drug-likeness (QED) is 0.886. The third-order valence-corrected chi connectivity index (χ3v) is 5.61.